The van der Waals surface area contributed by atoms with Gasteiger partial charge in [0.1, 0.15) is 11.9 Å². The van der Waals surface area contributed by atoms with Gasteiger partial charge in [-0.15, -0.1) is 0 Å². The Morgan fingerprint density at radius 1 is 1.23 bits per heavy atom. The minimum Gasteiger partial charge on any atom is -0.325 e. The van der Waals surface area contributed by atoms with Crippen LogP contribution in [0.25, 0.3) is 0 Å². The van der Waals surface area contributed by atoms with E-state index in [1.54, 1.807) is 29.2 Å². The summed E-state index contributed by atoms with van der Waals surface area (Å²) in [7, 11) is 0. The molecule has 2 aliphatic rings. The first kappa shape index (κ1) is 21.6. The number of aliphatic imine (C=N–C) groups is 2. The molecule has 6 nitrogen and oxygen atoms in total. The molecule has 8 heteroatoms. The van der Waals surface area contributed by atoms with Gasteiger partial charge >= 0.3 is 0 Å². The van der Waals surface area contributed by atoms with Gasteiger partial charge in [0.25, 0.3) is 5.91 Å². The summed E-state index contributed by atoms with van der Waals surface area (Å²) in [6.45, 7) is 5.90. The zero-order valence-corrected chi connectivity index (χ0v) is 19.1. The van der Waals surface area contributed by atoms with Gasteiger partial charge in [0.05, 0.1) is 10.9 Å². The average molecular weight is 455 g/mol. The van der Waals surface area contributed by atoms with E-state index in [9.17, 15) is 9.59 Å². The van der Waals surface area contributed by atoms with E-state index in [0.29, 0.717) is 28.1 Å². The summed E-state index contributed by atoms with van der Waals surface area (Å²) in [4.78, 5) is 37.2. The molecule has 0 saturated carbocycles. The molecule has 0 radical (unpaired) electrons. The van der Waals surface area contributed by atoms with Crippen molar-refractivity contribution in [1.29, 1.82) is 0 Å². The van der Waals surface area contributed by atoms with Crippen LogP contribution in [0.3, 0.4) is 0 Å². The number of hydrogen-bond donors (Lipinski definition) is 1. The molecule has 2 atom stereocenters. The van der Waals surface area contributed by atoms with E-state index in [2.05, 4.69) is 5.32 Å². The Hall–Kier alpha value is -2.64. The fraction of sp³-hybridized carbons (Fsp3) is 0.304. The number of benzene rings is 2. The molecule has 0 aromatic heterocycles. The second-order valence-corrected chi connectivity index (χ2v) is 9.35. The van der Waals surface area contributed by atoms with E-state index in [4.69, 9.17) is 21.6 Å². The van der Waals surface area contributed by atoms with Crippen LogP contribution < -0.4 is 5.32 Å². The first-order valence-electron chi connectivity index (χ1n) is 10.2. The number of halogens is 1. The number of hydrogen-bond acceptors (Lipinski definition) is 5. The molecule has 2 heterocycles. The van der Waals surface area contributed by atoms with Crippen molar-refractivity contribution < 1.29 is 9.59 Å². The molecule has 2 aromatic carbocycles. The molecule has 0 spiro atoms. The van der Waals surface area contributed by atoms with E-state index in [1.165, 1.54) is 11.8 Å². The summed E-state index contributed by atoms with van der Waals surface area (Å²) in [5.74, 6) is 0.414. The summed E-state index contributed by atoms with van der Waals surface area (Å²) in [6.07, 6.45) is 0.569. The molecule has 0 unspecified atom stereocenters. The van der Waals surface area contributed by atoms with Crippen LogP contribution in [-0.4, -0.2) is 39.0 Å². The predicted octanol–water partition coefficient (Wildman–Crippen LogP) is 5.11. The number of thioether (sulfide) groups is 1. The molecular formula is C23H23ClN4O2S. The van der Waals surface area contributed by atoms with Crippen LogP contribution >= 0.6 is 23.4 Å². The highest BCUT2D eigenvalue weighted by atomic mass is 35.5. The zero-order chi connectivity index (χ0) is 22.1. The quantitative estimate of drug-likeness (QED) is 0.682. The van der Waals surface area contributed by atoms with E-state index < -0.39 is 11.3 Å². The highest BCUT2D eigenvalue weighted by Crippen LogP contribution is 2.36. The molecule has 31 heavy (non-hydrogen) atoms. The molecule has 0 fully saturated rings. The van der Waals surface area contributed by atoms with E-state index in [1.807, 2.05) is 45.0 Å². The van der Waals surface area contributed by atoms with Gasteiger partial charge in [-0.05, 0) is 42.7 Å². The van der Waals surface area contributed by atoms with Crippen molar-refractivity contribution in [2.75, 3.05) is 5.32 Å². The standard InChI is InChI=1S/C23H23ClN4O2S/c1-4-18(21(29)25-15-9-7-8-14(24)12-15)31-23-26-17-11-6-5-10-16(17)20-27-19(13(2)3)22(30)28(20)23/h5-13,18-19H,4H2,1-3H3,(H,25,29)/t18-,19-/m1/s1. The lowest BCUT2D eigenvalue weighted by atomic mass is 10.1. The van der Waals surface area contributed by atoms with Gasteiger partial charge in [-0.25, -0.2) is 9.89 Å². The molecule has 4 rings (SSSR count). The average Bonchev–Trinajstić information content (AvgIpc) is 3.10. The van der Waals surface area contributed by atoms with E-state index in [0.717, 1.165) is 11.3 Å². The molecule has 0 bridgehead atoms. The van der Waals surface area contributed by atoms with Crippen molar-refractivity contribution in [1.82, 2.24) is 4.90 Å². The maximum atomic E-state index is 13.2. The molecule has 2 amide bonds. The highest BCUT2D eigenvalue weighted by molar-refractivity contribution is 8.15. The number of rotatable bonds is 5. The van der Waals surface area contributed by atoms with Crippen LogP contribution in [0.5, 0.6) is 0 Å². The maximum Gasteiger partial charge on any atom is 0.259 e. The predicted molar refractivity (Wildman–Crippen MR) is 127 cm³/mol. The van der Waals surface area contributed by atoms with Gasteiger partial charge in [0, 0.05) is 16.3 Å². The van der Waals surface area contributed by atoms with E-state index >= 15 is 0 Å². The van der Waals surface area contributed by atoms with Crippen molar-refractivity contribution >= 4 is 57.6 Å². The van der Waals surface area contributed by atoms with Gasteiger partial charge in [-0.2, -0.15) is 0 Å². The van der Waals surface area contributed by atoms with E-state index in [-0.39, 0.29) is 17.7 Å². The third-order valence-electron chi connectivity index (χ3n) is 5.13. The van der Waals surface area contributed by atoms with Crippen LogP contribution in [0.15, 0.2) is 58.5 Å². The molecular weight excluding hydrogens is 432 g/mol. The lowest BCUT2D eigenvalue weighted by molar-refractivity contribution is -0.125. The molecule has 0 saturated heterocycles. The number of nitrogens with zero attached hydrogens (tertiary/aromatic N) is 3. The summed E-state index contributed by atoms with van der Waals surface area (Å²) in [6, 6.07) is 14.2. The van der Waals surface area contributed by atoms with Gasteiger partial charge < -0.3 is 5.32 Å². The number of amidine groups is 2. The Bertz CT molecular complexity index is 1100. The smallest absolute Gasteiger partial charge is 0.259 e. The lowest BCUT2D eigenvalue weighted by Crippen LogP contribution is -2.43. The summed E-state index contributed by atoms with van der Waals surface area (Å²) < 4.78 is 0. The number of fused-ring (bicyclic) bond motifs is 3. The Labute approximate surface area is 190 Å². The number of carbonyl (C=O) groups is 2. The Balaban J connectivity index is 1.63. The summed E-state index contributed by atoms with van der Waals surface area (Å²) >= 11 is 7.31. The fourth-order valence-corrected chi connectivity index (χ4v) is 4.73. The lowest BCUT2D eigenvalue weighted by Gasteiger charge is -2.27. The topological polar surface area (TPSA) is 74.1 Å². The molecule has 160 valence electrons. The molecule has 1 N–H and O–H groups in total. The number of anilines is 1. The van der Waals surface area contributed by atoms with Crippen LogP contribution in [0, 0.1) is 5.92 Å². The Morgan fingerprint density at radius 2 is 2.00 bits per heavy atom. The number of amides is 2. The first-order valence-corrected chi connectivity index (χ1v) is 11.5. The SMILES string of the molecule is CC[C@@H](SC1=Nc2ccccc2C2=N[C@H](C(C)C)C(=O)N12)C(=O)Nc1cccc(Cl)c1. The Kier molecular flexibility index (Phi) is 6.16. The van der Waals surface area contributed by atoms with Crippen molar-refractivity contribution in [2.45, 2.75) is 38.5 Å². The molecule has 2 aliphatic heterocycles. The molecule has 2 aromatic rings. The zero-order valence-electron chi connectivity index (χ0n) is 17.5. The minimum absolute atomic E-state index is 0.0668. The van der Waals surface area contributed by atoms with Crippen LogP contribution in [0.4, 0.5) is 11.4 Å². The number of nitrogens with one attached hydrogen (secondary N) is 1. The first-order chi connectivity index (χ1) is 14.9. The third kappa shape index (κ3) is 4.25. The van der Waals surface area contributed by atoms with Gasteiger partial charge in [0.2, 0.25) is 5.91 Å². The van der Waals surface area contributed by atoms with Gasteiger partial charge in [-0.1, -0.05) is 62.3 Å². The fourth-order valence-electron chi connectivity index (χ4n) is 3.52. The second kappa shape index (κ2) is 8.85. The van der Waals surface area contributed by atoms with Crippen molar-refractivity contribution in [3.05, 3.63) is 59.1 Å². The molecule has 0 aliphatic carbocycles. The summed E-state index contributed by atoms with van der Waals surface area (Å²) in [5, 5.41) is 3.51. The Morgan fingerprint density at radius 3 is 2.71 bits per heavy atom. The summed E-state index contributed by atoms with van der Waals surface area (Å²) in [5.41, 5.74) is 2.22. The second-order valence-electron chi connectivity index (χ2n) is 7.74. The largest absolute Gasteiger partial charge is 0.325 e. The van der Waals surface area contributed by atoms with Crippen molar-refractivity contribution in [3.8, 4) is 0 Å². The minimum atomic E-state index is -0.452. The number of carbonyl (C=O) groups excluding carboxylic acids is 2. The third-order valence-corrected chi connectivity index (χ3v) is 6.69. The normalized spacial score (nSPS) is 18.3. The van der Waals surface area contributed by atoms with Gasteiger partial charge in [-0.3, -0.25) is 14.6 Å². The van der Waals surface area contributed by atoms with Crippen LogP contribution in [0.1, 0.15) is 32.8 Å². The monoisotopic (exact) mass is 454 g/mol. The highest BCUT2D eigenvalue weighted by Gasteiger charge is 2.43. The number of para-hydroxylation sites is 1. The van der Waals surface area contributed by atoms with Crippen LogP contribution in [0.2, 0.25) is 5.02 Å². The van der Waals surface area contributed by atoms with Gasteiger partial charge in [0.15, 0.2) is 5.17 Å². The van der Waals surface area contributed by atoms with Crippen molar-refractivity contribution in [3.63, 3.8) is 0 Å². The van der Waals surface area contributed by atoms with Crippen molar-refractivity contribution in [2.24, 2.45) is 15.9 Å². The maximum absolute atomic E-state index is 13.2. The van der Waals surface area contributed by atoms with Crippen LogP contribution in [-0.2, 0) is 9.59 Å².